The Morgan fingerprint density at radius 2 is 1.71 bits per heavy atom. The van der Waals surface area contributed by atoms with E-state index in [1.54, 1.807) is 12.1 Å². The average molecular weight is 508 g/mol. The number of methoxy groups -OCH3 is 1. The Bertz CT molecular complexity index is 1020. The topological polar surface area (TPSA) is 142 Å². The maximum absolute atomic E-state index is 13.4. The molecule has 0 aliphatic heterocycles. The second kappa shape index (κ2) is 13.6. The predicted molar refractivity (Wildman–Crippen MR) is 134 cm³/mol. The van der Waals surface area contributed by atoms with Crippen LogP contribution in [0.2, 0.25) is 0 Å². The van der Waals surface area contributed by atoms with Crippen LogP contribution in [0.25, 0.3) is 0 Å². The molecule has 1 amide bonds. The summed E-state index contributed by atoms with van der Waals surface area (Å²) in [4.78, 5) is 12.7. The van der Waals surface area contributed by atoms with Gasteiger partial charge in [0.1, 0.15) is 5.75 Å². The standard InChI is InChI=1S/C25H37N3O6S/c1-18(2)16-28(35(32,33)21-11-9-20(34-3)10-12-21)17-24(30)23(15-19-7-5-4-6-8-19)27-25(31)22(26)13-14-29/h4-12,18,22-24,29-30H,13-17,26H2,1-3H3,(H,27,31)/t22-,23-,24-/m0/s1. The van der Waals surface area contributed by atoms with E-state index in [4.69, 9.17) is 15.6 Å². The van der Waals surface area contributed by atoms with Crippen molar-refractivity contribution in [1.29, 1.82) is 0 Å². The number of benzene rings is 2. The highest BCUT2D eigenvalue weighted by Crippen LogP contribution is 2.21. The SMILES string of the molecule is COc1ccc(S(=O)(=O)N(CC(C)C)C[C@H](O)[C@H](Cc2ccccc2)NC(=O)[C@@H](N)CCO)cc1. The summed E-state index contributed by atoms with van der Waals surface area (Å²) in [5.41, 5.74) is 6.70. The number of nitrogens with one attached hydrogen (secondary N) is 1. The van der Waals surface area contributed by atoms with Crippen LogP contribution in [0.4, 0.5) is 0 Å². The van der Waals surface area contributed by atoms with E-state index >= 15 is 0 Å². The Labute approximate surface area is 208 Å². The number of nitrogens with two attached hydrogens (primary N) is 1. The number of ether oxygens (including phenoxy) is 1. The van der Waals surface area contributed by atoms with Gasteiger partial charge in [-0.15, -0.1) is 0 Å². The fourth-order valence-corrected chi connectivity index (χ4v) is 5.24. The minimum atomic E-state index is -3.93. The molecule has 0 bridgehead atoms. The first-order chi connectivity index (χ1) is 16.6. The van der Waals surface area contributed by atoms with Crippen molar-refractivity contribution < 1.29 is 28.2 Å². The van der Waals surface area contributed by atoms with E-state index in [-0.39, 0.29) is 43.4 Å². The molecule has 2 rings (SSSR count). The van der Waals surface area contributed by atoms with Gasteiger partial charge in [-0.2, -0.15) is 4.31 Å². The van der Waals surface area contributed by atoms with E-state index in [9.17, 15) is 18.3 Å². The number of nitrogens with zero attached hydrogens (tertiary/aromatic N) is 1. The zero-order valence-corrected chi connectivity index (χ0v) is 21.3. The highest BCUT2D eigenvalue weighted by atomic mass is 32.2. The minimum absolute atomic E-state index is 0.00429. The summed E-state index contributed by atoms with van der Waals surface area (Å²) in [5, 5.41) is 23.0. The summed E-state index contributed by atoms with van der Waals surface area (Å²) in [5.74, 6) is 0.00654. The monoisotopic (exact) mass is 507 g/mol. The number of hydrogen-bond acceptors (Lipinski definition) is 7. The molecule has 9 nitrogen and oxygen atoms in total. The molecule has 0 fully saturated rings. The van der Waals surface area contributed by atoms with Crippen molar-refractivity contribution in [2.24, 2.45) is 11.7 Å². The van der Waals surface area contributed by atoms with Gasteiger partial charge in [0.15, 0.2) is 0 Å². The van der Waals surface area contributed by atoms with Gasteiger partial charge < -0.3 is 26.0 Å². The highest BCUT2D eigenvalue weighted by Gasteiger charge is 2.32. The molecule has 0 heterocycles. The fraction of sp³-hybridized carbons (Fsp3) is 0.480. The van der Waals surface area contributed by atoms with E-state index in [1.165, 1.54) is 23.5 Å². The van der Waals surface area contributed by atoms with Crippen molar-refractivity contribution in [3.63, 3.8) is 0 Å². The molecule has 35 heavy (non-hydrogen) atoms. The molecule has 5 N–H and O–H groups in total. The van der Waals surface area contributed by atoms with Gasteiger partial charge in [0.05, 0.1) is 30.2 Å². The lowest BCUT2D eigenvalue weighted by molar-refractivity contribution is -0.124. The Hall–Kier alpha value is -2.50. The van der Waals surface area contributed by atoms with E-state index in [0.29, 0.717) is 5.75 Å². The smallest absolute Gasteiger partial charge is 0.243 e. The quantitative estimate of drug-likeness (QED) is 0.300. The Kier molecular flexibility index (Phi) is 11.1. The molecule has 10 heteroatoms. The Morgan fingerprint density at radius 3 is 2.26 bits per heavy atom. The molecule has 0 radical (unpaired) electrons. The van der Waals surface area contributed by atoms with Crippen LogP contribution in [0, 0.1) is 5.92 Å². The molecule has 2 aromatic carbocycles. The lowest BCUT2D eigenvalue weighted by atomic mass is 10.00. The molecule has 0 spiro atoms. The lowest BCUT2D eigenvalue weighted by Gasteiger charge is -2.31. The first-order valence-corrected chi connectivity index (χ1v) is 13.1. The van der Waals surface area contributed by atoms with E-state index in [0.717, 1.165) is 5.56 Å². The second-order valence-corrected chi connectivity index (χ2v) is 10.8. The van der Waals surface area contributed by atoms with Crippen LogP contribution in [-0.2, 0) is 21.2 Å². The number of aliphatic hydroxyl groups is 2. The maximum Gasteiger partial charge on any atom is 0.243 e. The third kappa shape index (κ3) is 8.59. The molecule has 0 aliphatic rings. The van der Waals surface area contributed by atoms with Crippen LogP contribution in [0.5, 0.6) is 5.75 Å². The summed E-state index contributed by atoms with van der Waals surface area (Å²) in [6, 6.07) is 13.6. The average Bonchev–Trinajstić information content (AvgIpc) is 2.83. The Morgan fingerprint density at radius 1 is 1.09 bits per heavy atom. The van der Waals surface area contributed by atoms with Gasteiger partial charge in [-0.3, -0.25) is 4.79 Å². The van der Waals surface area contributed by atoms with Crippen LogP contribution in [0.3, 0.4) is 0 Å². The van der Waals surface area contributed by atoms with E-state index in [1.807, 2.05) is 44.2 Å². The summed E-state index contributed by atoms with van der Waals surface area (Å²) >= 11 is 0. The van der Waals surface area contributed by atoms with E-state index in [2.05, 4.69) is 5.32 Å². The maximum atomic E-state index is 13.4. The van der Waals surface area contributed by atoms with Crippen molar-refractivity contribution in [3.05, 3.63) is 60.2 Å². The van der Waals surface area contributed by atoms with Gasteiger partial charge in [0, 0.05) is 19.7 Å². The van der Waals surface area contributed by atoms with Gasteiger partial charge in [0.25, 0.3) is 0 Å². The van der Waals surface area contributed by atoms with Crippen molar-refractivity contribution >= 4 is 15.9 Å². The molecule has 0 saturated carbocycles. The largest absolute Gasteiger partial charge is 0.497 e. The molecule has 0 aliphatic carbocycles. The van der Waals surface area contributed by atoms with Gasteiger partial charge in [-0.05, 0) is 48.6 Å². The fourth-order valence-electron chi connectivity index (χ4n) is 3.62. The van der Waals surface area contributed by atoms with Crippen molar-refractivity contribution in [3.8, 4) is 5.75 Å². The van der Waals surface area contributed by atoms with Gasteiger partial charge in [-0.25, -0.2) is 8.42 Å². The summed E-state index contributed by atoms with van der Waals surface area (Å²) < 4.78 is 33.2. The third-order valence-electron chi connectivity index (χ3n) is 5.52. The van der Waals surface area contributed by atoms with Crippen LogP contribution in [-0.4, -0.2) is 73.8 Å². The first-order valence-electron chi connectivity index (χ1n) is 11.6. The van der Waals surface area contributed by atoms with E-state index < -0.39 is 34.1 Å². The molecule has 194 valence electrons. The number of sulfonamides is 1. The molecular weight excluding hydrogens is 470 g/mol. The number of hydrogen-bond donors (Lipinski definition) is 4. The molecule has 2 aromatic rings. The van der Waals surface area contributed by atoms with Crippen molar-refractivity contribution in [1.82, 2.24) is 9.62 Å². The zero-order chi connectivity index (χ0) is 26.0. The number of carbonyl (C=O) groups excluding carboxylic acids is 1. The third-order valence-corrected chi connectivity index (χ3v) is 7.37. The summed E-state index contributed by atoms with van der Waals surface area (Å²) in [6.07, 6.45) is -0.865. The highest BCUT2D eigenvalue weighted by molar-refractivity contribution is 7.89. The van der Waals surface area contributed by atoms with Crippen molar-refractivity contribution in [2.45, 2.75) is 49.8 Å². The molecule has 3 atom stereocenters. The zero-order valence-electron chi connectivity index (χ0n) is 20.5. The minimum Gasteiger partial charge on any atom is -0.497 e. The number of amides is 1. The van der Waals surface area contributed by atoms with Gasteiger partial charge in [0.2, 0.25) is 15.9 Å². The second-order valence-electron chi connectivity index (χ2n) is 8.88. The normalized spacial score (nSPS) is 14.5. The summed E-state index contributed by atoms with van der Waals surface area (Å²) in [7, 11) is -2.43. The molecule has 0 aromatic heterocycles. The number of aliphatic hydroxyl groups excluding tert-OH is 2. The van der Waals surface area contributed by atoms with Gasteiger partial charge in [-0.1, -0.05) is 44.2 Å². The van der Waals surface area contributed by atoms with Crippen LogP contribution < -0.4 is 15.8 Å². The number of rotatable bonds is 14. The molecular formula is C25H37N3O6S. The lowest BCUT2D eigenvalue weighted by Crippen LogP contribution is -2.54. The Balaban J connectivity index is 2.31. The number of carbonyl (C=O) groups is 1. The van der Waals surface area contributed by atoms with Crippen molar-refractivity contribution in [2.75, 3.05) is 26.8 Å². The molecule has 0 saturated heterocycles. The van der Waals surface area contributed by atoms with Crippen LogP contribution in [0.15, 0.2) is 59.5 Å². The van der Waals surface area contributed by atoms with Gasteiger partial charge >= 0.3 is 0 Å². The van der Waals surface area contributed by atoms with Crippen LogP contribution in [0.1, 0.15) is 25.8 Å². The first kappa shape index (κ1) is 28.7. The molecule has 0 unspecified atom stereocenters. The van der Waals surface area contributed by atoms with Crippen LogP contribution >= 0.6 is 0 Å². The summed E-state index contributed by atoms with van der Waals surface area (Å²) in [6.45, 7) is 3.49. The predicted octanol–water partition coefficient (Wildman–Crippen LogP) is 1.14.